The fourth-order valence-corrected chi connectivity index (χ4v) is 5.39. The quantitative estimate of drug-likeness (QED) is 0.473. The van der Waals surface area contributed by atoms with Crippen LogP contribution in [-0.2, 0) is 21.9 Å². The maximum atomic E-state index is 13.3. The molecule has 32 heavy (non-hydrogen) atoms. The molecule has 2 aromatic rings. The van der Waals surface area contributed by atoms with Gasteiger partial charge < -0.3 is 10.2 Å². The smallest absolute Gasteiger partial charge is 0.243 e. The molecule has 0 unspecified atom stereocenters. The van der Waals surface area contributed by atoms with Gasteiger partial charge in [-0.05, 0) is 36.5 Å². The monoisotopic (exact) mass is 472 g/mol. The minimum atomic E-state index is -0.467. The second-order valence-electron chi connectivity index (χ2n) is 8.36. The summed E-state index contributed by atoms with van der Waals surface area (Å²) in [6.45, 7) is 2.41. The number of hydrogen-bond acceptors (Lipinski definition) is 3. The molecular weight excluding hydrogens is 440 g/mol. The summed E-state index contributed by atoms with van der Waals surface area (Å²) in [6.07, 6.45) is 6.21. The Morgan fingerprint density at radius 1 is 1.06 bits per heavy atom. The molecule has 1 saturated carbocycles. The maximum Gasteiger partial charge on any atom is 0.243 e. The van der Waals surface area contributed by atoms with Gasteiger partial charge in [0.15, 0.2) is 0 Å². The number of amides is 2. The molecule has 0 aliphatic heterocycles. The number of carbonyl (C=O) groups excluding carboxylic acids is 2. The van der Waals surface area contributed by atoms with Gasteiger partial charge in [-0.1, -0.05) is 86.3 Å². The zero-order valence-electron chi connectivity index (χ0n) is 18.8. The van der Waals surface area contributed by atoms with Gasteiger partial charge >= 0.3 is 0 Å². The predicted molar refractivity (Wildman–Crippen MR) is 134 cm³/mol. The minimum Gasteiger partial charge on any atom is -0.352 e. The summed E-state index contributed by atoms with van der Waals surface area (Å²) in [5, 5.41) is 3.94. The van der Waals surface area contributed by atoms with E-state index in [4.69, 9.17) is 11.6 Å². The highest BCUT2D eigenvalue weighted by molar-refractivity contribution is 7.99. The molecule has 4 nitrogen and oxygen atoms in total. The number of nitrogens with one attached hydrogen (secondary N) is 1. The Hall–Kier alpha value is -1.98. The Morgan fingerprint density at radius 2 is 1.75 bits per heavy atom. The predicted octanol–water partition coefficient (Wildman–Crippen LogP) is 5.83. The number of hydrogen-bond donors (Lipinski definition) is 1. The van der Waals surface area contributed by atoms with Crippen molar-refractivity contribution in [2.45, 2.75) is 69.8 Å². The van der Waals surface area contributed by atoms with Crippen molar-refractivity contribution < 1.29 is 9.59 Å². The van der Waals surface area contributed by atoms with E-state index in [0.29, 0.717) is 29.5 Å². The Bertz CT molecular complexity index is 871. The van der Waals surface area contributed by atoms with Gasteiger partial charge in [0.25, 0.3) is 0 Å². The lowest BCUT2D eigenvalue weighted by Gasteiger charge is -2.32. The molecule has 1 N–H and O–H groups in total. The number of carbonyl (C=O) groups is 2. The molecule has 172 valence electrons. The van der Waals surface area contributed by atoms with E-state index in [-0.39, 0.29) is 17.9 Å². The molecule has 0 heterocycles. The molecule has 0 saturated heterocycles. The molecule has 0 spiro atoms. The Labute approximate surface area is 201 Å². The number of thioether (sulfide) groups is 1. The van der Waals surface area contributed by atoms with Crippen LogP contribution >= 0.6 is 23.4 Å². The number of halogens is 1. The first-order valence-electron chi connectivity index (χ1n) is 11.5. The summed E-state index contributed by atoms with van der Waals surface area (Å²) >= 11 is 7.79. The highest BCUT2D eigenvalue weighted by Crippen LogP contribution is 2.23. The fourth-order valence-electron chi connectivity index (χ4n) is 4.19. The summed E-state index contributed by atoms with van der Waals surface area (Å²) in [4.78, 5) is 28.3. The van der Waals surface area contributed by atoms with Crippen molar-refractivity contribution in [3.63, 3.8) is 0 Å². The van der Waals surface area contributed by atoms with E-state index in [1.807, 2.05) is 61.5 Å². The average Bonchev–Trinajstić information content (AvgIpc) is 2.81. The van der Waals surface area contributed by atoms with Gasteiger partial charge in [0.05, 0.1) is 5.75 Å². The van der Waals surface area contributed by atoms with Crippen molar-refractivity contribution in [3.8, 4) is 0 Å². The van der Waals surface area contributed by atoms with Crippen LogP contribution in [0.15, 0.2) is 54.6 Å². The van der Waals surface area contributed by atoms with E-state index < -0.39 is 6.04 Å². The lowest BCUT2D eigenvalue weighted by molar-refractivity contribution is -0.139. The van der Waals surface area contributed by atoms with Gasteiger partial charge in [0, 0.05) is 23.4 Å². The lowest BCUT2D eigenvalue weighted by Crippen LogP contribution is -2.52. The summed E-state index contributed by atoms with van der Waals surface area (Å²) in [5.41, 5.74) is 2.05. The molecular formula is C26H33ClN2O2S. The zero-order valence-corrected chi connectivity index (χ0v) is 20.3. The minimum absolute atomic E-state index is 0.0171. The third-order valence-electron chi connectivity index (χ3n) is 5.97. The third-order valence-corrected chi connectivity index (χ3v) is 7.31. The SMILES string of the molecule is CC[C@H](C(=O)NC1CCCCC1)N(Cc1ccccc1)C(=O)CSCc1ccccc1Cl. The molecule has 0 aromatic heterocycles. The molecule has 0 bridgehead atoms. The number of benzene rings is 2. The van der Waals surface area contributed by atoms with Crippen LogP contribution in [0.5, 0.6) is 0 Å². The van der Waals surface area contributed by atoms with Crippen LogP contribution in [0.1, 0.15) is 56.6 Å². The molecule has 3 rings (SSSR count). The standard InChI is InChI=1S/C26H33ClN2O2S/c1-2-24(26(31)28-22-14-7-4-8-15-22)29(17-20-11-5-3-6-12-20)25(30)19-32-18-21-13-9-10-16-23(21)27/h3,5-6,9-13,16,22,24H,2,4,7-8,14-15,17-19H2,1H3,(H,28,31)/t24-/m1/s1. The summed E-state index contributed by atoms with van der Waals surface area (Å²) < 4.78 is 0. The first kappa shape index (κ1) is 24.7. The van der Waals surface area contributed by atoms with Crippen LogP contribution < -0.4 is 5.32 Å². The second-order valence-corrected chi connectivity index (χ2v) is 9.75. The molecule has 2 amide bonds. The van der Waals surface area contributed by atoms with Gasteiger partial charge in [-0.15, -0.1) is 11.8 Å². The fraction of sp³-hybridized carbons (Fsp3) is 0.462. The van der Waals surface area contributed by atoms with Crippen molar-refractivity contribution in [1.29, 1.82) is 0 Å². The van der Waals surface area contributed by atoms with Crippen molar-refractivity contribution >= 4 is 35.2 Å². The van der Waals surface area contributed by atoms with Crippen LogP contribution in [0.2, 0.25) is 5.02 Å². The summed E-state index contributed by atoms with van der Waals surface area (Å²) in [7, 11) is 0. The van der Waals surface area contributed by atoms with E-state index >= 15 is 0 Å². The zero-order chi connectivity index (χ0) is 22.8. The normalized spacial score (nSPS) is 15.2. The van der Waals surface area contributed by atoms with E-state index in [0.717, 1.165) is 36.8 Å². The van der Waals surface area contributed by atoms with Gasteiger partial charge in [0.2, 0.25) is 11.8 Å². The van der Waals surface area contributed by atoms with Gasteiger partial charge in [-0.2, -0.15) is 0 Å². The first-order valence-corrected chi connectivity index (χ1v) is 13.1. The van der Waals surface area contributed by atoms with Crippen molar-refractivity contribution in [1.82, 2.24) is 10.2 Å². The van der Waals surface area contributed by atoms with Crippen LogP contribution in [-0.4, -0.2) is 34.6 Å². The van der Waals surface area contributed by atoms with Crippen LogP contribution in [0.3, 0.4) is 0 Å². The number of nitrogens with zero attached hydrogens (tertiary/aromatic N) is 1. The summed E-state index contributed by atoms with van der Waals surface area (Å²) in [5.74, 6) is 0.928. The molecule has 2 aromatic carbocycles. The molecule has 0 radical (unpaired) electrons. The summed E-state index contributed by atoms with van der Waals surface area (Å²) in [6, 6.07) is 17.4. The molecule has 1 atom stereocenters. The third kappa shape index (κ3) is 7.28. The highest BCUT2D eigenvalue weighted by Gasteiger charge is 2.30. The highest BCUT2D eigenvalue weighted by atomic mass is 35.5. The molecule has 1 aliphatic carbocycles. The van der Waals surface area contributed by atoms with E-state index in [2.05, 4.69) is 5.32 Å². The molecule has 1 aliphatic rings. The second kappa shape index (κ2) is 12.9. The Kier molecular flexibility index (Phi) is 9.94. The van der Waals surface area contributed by atoms with Crippen molar-refractivity contribution in [2.24, 2.45) is 0 Å². The van der Waals surface area contributed by atoms with Gasteiger partial charge in [0.1, 0.15) is 6.04 Å². The van der Waals surface area contributed by atoms with Crippen molar-refractivity contribution in [3.05, 3.63) is 70.7 Å². The molecule has 6 heteroatoms. The Morgan fingerprint density at radius 3 is 2.44 bits per heavy atom. The van der Waals surface area contributed by atoms with E-state index in [1.54, 1.807) is 4.90 Å². The van der Waals surface area contributed by atoms with Crippen LogP contribution in [0.4, 0.5) is 0 Å². The van der Waals surface area contributed by atoms with Gasteiger partial charge in [-0.3, -0.25) is 9.59 Å². The van der Waals surface area contributed by atoms with E-state index in [1.165, 1.54) is 18.2 Å². The maximum absolute atomic E-state index is 13.3. The largest absolute Gasteiger partial charge is 0.352 e. The van der Waals surface area contributed by atoms with Gasteiger partial charge in [-0.25, -0.2) is 0 Å². The van der Waals surface area contributed by atoms with E-state index in [9.17, 15) is 9.59 Å². The number of rotatable bonds is 10. The lowest BCUT2D eigenvalue weighted by atomic mass is 9.95. The first-order chi connectivity index (χ1) is 15.6. The average molecular weight is 473 g/mol. The topological polar surface area (TPSA) is 49.4 Å². The van der Waals surface area contributed by atoms with Crippen LogP contribution in [0.25, 0.3) is 0 Å². The van der Waals surface area contributed by atoms with Crippen LogP contribution in [0, 0.1) is 0 Å². The van der Waals surface area contributed by atoms with Crippen molar-refractivity contribution in [2.75, 3.05) is 5.75 Å². The Balaban J connectivity index is 1.68. The molecule has 1 fully saturated rings.